The molecule has 0 unspecified atom stereocenters. The number of esters is 1. The summed E-state index contributed by atoms with van der Waals surface area (Å²) in [6, 6.07) is 9.73. The van der Waals surface area contributed by atoms with Crippen LogP contribution in [0.2, 0.25) is 0 Å². The van der Waals surface area contributed by atoms with E-state index < -0.39 is 24.3 Å². The Bertz CT molecular complexity index is 1150. The normalized spacial score (nSPS) is 14.5. The quantitative estimate of drug-likeness (QED) is 0.547. The van der Waals surface area contributed by atoms with Gasteiger partial charge in [-0.1, -0.05) is 6.07 Å². The molecule has 0 atom stereocenters. The van der Waals surface area contributed by atoms with E-state index in [0.29, 0.717) is 24.2 Å². The molecule has 0 spiro atoms. The van der Waals surface area contributed by atoms with Crippen LogP contribution in [0.3, 0.4) is 0 Å². The number of amides is 2. The first kappa shape index (κ1) is 22.5. The second kappa shape index (κ2) is 8.69. The number of anilines is 2. The average Bonchev–Trinajstić information content (AvgIpc) is 3.07. The lowest BCUT2D eigenvalue weighted by Crippen LogP contribution is -2.31. The standard InChI is InChI=1S/C25H26N2O6/c1-25(2,3)33-24(31)26-19-8-4-6-16(12-19)23(30)32-14-20(28)17-10-15-7-5-9-27-21(29)13-18(11-17)22(15)27/h4,6,8,10-12H,5,7,9,13-14H2,1-3H3,(H,26,31). The molecule has 4 rings (SSSR count). The van der Waals surface area contributed by atoms with Gasteiger partial charge in [0.2, 0.25) is 5.91 Å². The van der Waals surface area contributed by atoms with Crippen LogP contribution in [-0.4, -0.2) is 42.5 Å². The number of ether oxygens (including phenoxy) is 2. The number of rotatable bonds is 5. The number of aryl methyl sites for hydroxylation is 1. The number of carbonyl (C=O) groups is 4. The van der Waals surface area contributed by atoms with Gasteiger partial charge in [0, 0.05) is 17.8 Å². The van der Waals surface area contributed by atoms with E-state index in [1.807, 2.05) is 0 Å². The number of nitrogens with zero attached hydrogens (tertiary/aromatic N) is 1. The van der Waals surface area contributed by atoms with E-state index in [1.165, 1.54) is 12.1 Å². The number of hydrogen-bond acceptors (Lipinski definition) is 6. The molecule has 0 fully saturated rings. The first-order valence-electron chi connectivity index (χ1n) is 10.9. The van der Waals surface area contributed by atoms with Crippen LogP contribution in [0.1, 0.15) is 59.0 Å². The van der Waals surface area contributed by atoms with Gasteiger partial charge in [0.1, 0.15) is 5.60 Å². The van der Waals surface area contributed by atoms with Gasteiger partial charge in [-0.2, -0.15) is 0 Å². The van der Waals surface area contributed by atoms with Crippen LogP contribution >= 0.6 is 0 Å². The minimum absolute atomic E-state index is 0.0573. The lowest BCUT2D eigenvalue weighted by atomic mass is 9.95. The van der Waals surface area contributed by atoms with Crippen molar-refractivity contribution in [3.05, 3.63) is 58.7 Å². The highest BCUT2D eigenvalue weighted by Gasteiger charge is 2.33. The molecule has 0 radical (unpaired) electrons. The highest BCUT2D eigenvalue weighted by molar-refractivity contribution is 6.06. The first-order valence-corrected chi connectivity index (χ1v) is 10.9. The molecule has 2 heterocycles. The molecule has 2 amide bonds. The van der Waals surface area contributed by atoms with Crippen molar-refractivity contribution in [2.45, 2.75) is 45.6 Å². The summed E-state index contributed by atoms with van der Waals surface area (Å²) in [6.45, 7) is 5.55. The molecule has 8 nitrogen and oxygen atoms in total. The van der Waals surface area contributed by atoms with E-state index in [2.05, 4.69) is 5.32 Å². The topological polar surface area (TPSA) is 102 Å². The molecule has 0 bridgehead atoms. The van der Waals surface area contributed by atoms with Crippen LogP contribution < -0.4 is 10.2 Å². The maximum atomic E-state index is 12.7. The number of hydrogen-bond donors (Lipinski definition) is 1. The van der Waals surface area contributed by atoms with Gasteiger partial charge in [-0.3, -0.25) is 14.9 Å². The molecule has 2 aromatic rings. The summed E-state index contributed by atoms with van der Waals surface area (Å²) >= 11 is 0. The van der Waals surface area contributed by atoms with Crippen molar-refractivity contribution < 1.29 is 28.7 Å². The average molecular weight is 450 g/mol. The van der Waals surface area contributed by atoms with E-state index in [9.17, 15) is 19.2 Å². The molecule has 0 aromatic heterocycles. The van der Waals surface area contributed by atoms with Gasteiger partial charge in [0.05, 0.1) is 17.7 Å². The Labute approximate surface area is 191 Å². The van der Waals surface area contributed by atoms with Gasteiger partial charge < -0.3 is 14.4 Å². The Morgan fingerprint density at radius 2 is 1.82 bits per heavy atom. The fraction of sp³-hybridized carbons (Fsp3) is 0.360. The summed E-state index contributed by atoms with van der Waals surface area (Å²) in [4.78, 5) is 51.1. The van der Waals surface area contributed by atoms with Crippen LogP contribution in [0.15, 0.2) is 36.4 Å². The minimum Gasteiger partial charge on any atom is -0.454 e. The summed E-state index contributed by atoms with van der Waals surface area (Å²) in [5.74, 6) is -0.955. The summed E-state index contributed by atoms with van der Waals surface area (Å²) in [5.41, 5.74) is 3.14. The Morgan fingerprint density at radius 3 is 2.58 bits per heavy atom. The van der Waals surface area contributed by atoms with Crippen molar-refractivity contribution in [2.75, 3.05) is 23.4 Å². The second-order valence-corrected chi connectivity index (χ2v) is 9.18. The van der Waals surface area contributed by atoms with Crippen LogP contribution in [0.5, 0.6) is 0 Å². The van der Waals surface area contributed by atoms with Crippen LogP contribution in [0.4, 0.5) is 16.2 Å². The first-order chi connectivity index (χ1) is 15.6. The van der Waals surface area contributed by atoms with Gasteiger partial charge in [0.25, 0.3) is 0 Å². The number of benzene rings is 2. The second-order valence-electron chi connectivity index (χ2n) is 9.18. The van der Waals surface area contributed by atoms with Crippen molar-refractivity contribution in [2.24, 2.45) is 0 Å². The fourth-order valence-electron chi connectivity index (χ4n) is 4.08. The Balaban J connectivity index is 1.40. The molecule has 1 N–H and O–H groups in total. The molecule has 8 heteroatoms. The van der Waals surface area contributed by atoms with Gasteiger partial charge in [-0.25, -0.2) is 9.59 Å². The third kappa shape index (κ3) is 5.05. The third-order valence-electron chi connectivity index (χ3n) is 5.41. The summed E-state index contributed by atoms with van der Waals surface area (Å²) in [6.07, 6.45) is 1.32. The van der Waals surface area contributed by atoms with Gasteiger partial charge >= 0.3 is 12.1 Å². The van der Waals surface area contributed by atoms with E-state index in [0.717, 1.165) is 29.7 Å². The molecular formula is C25H26N2O6. The molecule has 0 saturated carbocycles. The maximum Gasteiger partial charge on any atom is 0.412 e. The highest BCUT2D eigenvalue weighted by atomic mass is 16.6. The molecule has 172 valence electrons. The Hall–Kier alpha value is -3.68. The summed E-state index contributed by atoms with van der Waals surface area (Å²) in [5, 5.41) is 2.57. The van der Waals surface area contributed by atoms with Crippen LogP contribution in [-0.2, 0) is 27.1 Å². The Kier molecular flexibility index (Phi) is 5.93. The number of Topliss-reactive ketones (excluding diaryl/α,β-unsaturated/α-hetero) is 1. The number of ketones is 1. The number of carbonyl (C=O) groups excluding carboxylic acids is 4. The van der Waals surface area contributed by atoms with Crippen LogP contribution in [0, 0.1) is 0 Å². The molecule has 0 saturated heterocycles. The zero-order valence-corrected chi connectivity index (χ0v) is 18.9. The van der Waals surface area contributed by atoms with Crippen molar-refractivity contribution in [1.29, 1.82) is 0 Å². The van der Waals surface area contributed by atoms with E-state index in [-0.39, 0.29) is 17.3 Å². The SMILES string of the molecule is CC(C)(C)OC(=O)Nc1cccc(C(=O)OCC(=O)c2cc3c4c(c2)CC(=O)N4CCC3)c1. The zero-order valence-electron chi connectivity index (χ0n) is 18.9. The predicted octanol–water partition coefficient (Wildman–Crippen LogP) is 3.91. The maximum absolute atomic E-state index is 12.7. The molecule has 33 heavy (non-hydrogen) atoms. The van der Waals surface area contributed by atoms with Crippen molar-refractivity contribution in [3.63, 3.8) is 0 Å². The number of nitrogens with one attached hydrogen (secondary N) is 1. The third-order valence-corrected chi connectivity index (χ3v) is 5.41. The van der Waals surface area contributed by atoms with E-state index in [1.54, 1.807) is 49.9 Å². The lowest BCUT2D eigenvalue weighted by molar-refractivity contribution is -0.117. The van der Waals surface area contributed by atoms with Crippen molar-refractivity contribution in [1.82, 2.24) is 0 Å². The fourth-order valence-corrected chi connectivity index (χ4v) is 4.08. The smallest absolute Gasteiger partial charge is 0.412 e. The van der Waals surface area contributed by atoms with E-state index >= 15 is 0 Å². The van der Waals surface area contributed by atoms with Crippen LogP contribution in [0.25, 0.3) is 0 Å². The lowest BCUT2D eigenvalue weighted by Gasteiger charge is -2.25. The van der Waals surface area contributed by atoms with Gasteiger partial charge in [0.15, 0.2) is 12.4 Å². The molecule has 2 aliphatic heterocycles. The molecular weight excluding hydrogens is 424 g/mol. The highest BCUT2D eigenvalue weighted by Crippen LogP contribution is 2.37. The Morgan fingerprint density at radius 1 is 1.06 bits per heavy atom. The van der Waals surface area contributed by atoms with E-state index in [4.69, 9.17) is 9.47 Å². The van der Waals surface area contributed by atoms with Gasteiger partial charge in [-0.05, 0) is 75.1 Å². The largest absolute Gasteiger partial charge is 0.454 e. The van der Waals surface area contributed by atoms with Crippen molar-refractivity contribution in [3.8, 4) is 0 Å². The van der Waals surface area contributed by atoms with Crippen molar-refractivity contribution >= 4 is 35.1 Å². The minimum atomic E-state index is -0.681. The summed E-state index contributed by atoms with van der Waals surface area (Å²) < 4.78 is 10.4. The molecule has 0 aliphatic carbocycles. The molecule has 2 aromatic carbocycles. The van der Waals surface area contributed by atoms with Gasteiger partial charge in [-0.15, -0.1) is 0 Å². The summed E-state index contributed by atoms with van der Waals surface area (Å²) in [7, 11) is 0. The molecule has 2 aliphatic rings. The zero-order chi connectivity index (χ0) is 23.8. The monoisotopic (exact) mass is 450 g/mol. The predicted molar refractivity (Wildman–Crippen MR) is 122 cm³/mol.